The lowest BCUT2D eigenvalue weighted by atomic mass is 10.2. The Bertz CT molecular complexity index is 608. The summed E-state index contributed by atoms with van der Waals surface area (Å²) in [4.78, 5) is 18.2. The molecule has 0 fully saturated rings. The van der Waals surface area contributed by atoms with Gasteiger partial charge in [0.1, 0.15) is 5.75 Å². The predicted octanol–water partition coefficient (Wildman–Crippen LogP) is 2.44. The van der Waals surface area contributed by atoms with Gasteiger partial charge in [-0.25, -0.2) is 4.98 Å². The Morgan fingerprint density at radius 2 is 1.95 bits per heavy atom. The largest absolute Gasteiger partial charge is 0.497 e. The van der Waals surface area contributed by atoms with Crippen molar-refractivity contribution in [3.63, 3.8) is 0 Å². The van der Waals surface area contributed by atoms with E-state index in [1.165, 1.54) is 11.8 Å². The van der Waals surface area contributed by atoms with E-state index in [0.717, 1.165) is 24.4 Å². The zero-order chi connectivity index (χ0) is 15.9. The first-order valence-corrected chi connectivity index (χ1v) is 8.13. The third-order valence-electron chi connectivity index (χ3n) is 3.27. The smallest absolute Gasteiger partial charge is 0.233 e. The van der Waals surface area contributed by atoms with E-state index in [4.69, 9.17) is 4.74 Å². The fourth-order valence-electron chi connectivity index (χ4n) is 1.98. The Hall–Kier alpha value is -2.02. The van der Waals surface area contributed by atoms with Gasteiger partial charge in [-0.1, -0.05) is 11.8 Å². The van der Waals surface area contributed by atoms with Crippen molar-refractivity contribution in [2.24, 2.45) is 0 Å². The molecule has 0 radical (unpaired) electrons. The van der Waals surface area contributed by atoms with E-state index in [1.807, 2.05) is 38.1 Å². The van der Waals surface area contributed by atoms with Gasteiger partial charge in [0.25, 0.3) is 0 Å². The third-order valence-corrected chi connectivity index (χ3v) is 4.10. The molecule has 1 aromatic carbocycles. The number of aromatic amines is 1. The summed E-state index contributed by atoms with van der Waals surface area (Å²) in [6.07, 6.45) is 0. The molecule has 0 saturated carbocycles. The number of nitrogens with zero attached hydrogens (tertiary/aromatic N) is 3. The predicted molar refractivity (Wildman–Crippen MR) is 87.0 cm³/mol. The number of rotatable bonds is 7. The molecular weight excluding hydrogens is 300 g/mol. The molecule has 0 spiro atoms. The molecule has 0 atom stereocenters. The van der Waals surface area contributed by atoms with Crippen molar-refractivity contribution in [1.29, 1.82) is 0 Å². The van der Waals surface area contributed by atoms with Crippen LogP contribution in [-0.4, -0.2) is 51.9 Å². The van der Waals surface area contributed by atoms with Gasteiger partial charge in [0.15, 0.2) is 5.82 Å². The highest BCUT2D eigenvalue weighted by molar-refractivity contribution is 7.99. The number of aromatic nitrogens is 3. The zero-order valence-corrected chi connectivity index (χ0v) is 13.8. The second-order valence-electron chi connectivity index (χ2n) is 4.55. The standard InChI is InChI=1S/C15H20N4O2S/c1-4-19(5-2)13(20)10-22-15-16-14(17-18-15)11-6-8-12(21-3)9-7-11/h6-9H,4-5,10H2,1-3H3,(H,16,17,18). The van der Waals surface area contributed by atoms with Crippen LogP contribution in [0, 0.1) is 0 Å². The zero-order valence-electron chi connectivity index (χ0n) is 13.0. The summed E-state index contributed by atoms with van der Waals surface area (Å²) in [5.41, 5.74) is 0.926. The highest BCUT2D eigenvalue weighted by Crippen LogP contribution is 2.21. The van der Waals surface area contributed by atoms with Crippen molar-refractivity contribution >= 4 is 17.7 Å². The average molecular weight is 320 g/mol. The van der Waals surface area contributed by atoms with Gasteiger partial charge in [-0.05, 0) is 38.1 Å². The Kier molecular flexibility index (Phi) is 5.83. The summed E-state index contributed by atoms with van der Waals surface area (Å²) < 4.78 is 5.13. The summed E-state index contributed by atoms with van der Waals surface area (Å²) in [5, 5.41) is 7.61. The minimum atomic E-state index is 0.103. The van der Waals surface area contributed by atoms with Crippen LogP contribution in [0.15, 0.2) is 29.4 Å². The summed E-state index contributed by atoms with van der Waals surface area (Å²) in [6, 6.07) is 7.56. The number of hydrogen-bond donors (Lipinski definition) is 1. The molecule has 2 rings (SSSR count). The average Bonchev–Trinajstić information content (AvgIpc) is 3.03. The number of benzene rings is 1. The second kappa shape index (κ2) is 7.84. The molecule has 0 aliphatic carbocycles. The van der Waals surface area contributed by atoms with Gasteiger partial charge in [-0.3, -0.25) is 9.89 Å². The molecule has 0 unspecified atom stereocenters. The molecule has 1 amide bonds. The van der Waals surface area contributed by atoms with Crippen molar-refractivity contribution in [2.75, 3.05) is 26.0 Å². The number of ether oxygens (including phenoxy) is 1. The molecule has 7 heteroatoms. The Labute approximate surface area is 134 Å². The second-order valence-corrected chi connectivity index (χ2v) is 5.49. The lowest BCUT2D eigenvalue weighted by molar-refractivity contribution is -0.127. The fraction of sp³-hybridized carbons (Fsp3) is 0.400. The monoisotopic (exact) mass is 320 g/mol. The topological polar surface area (TPSA) is 71.1 Å². The summed E-state index contributed by atoms with van der Waals surface area (Å²) in [5.74, 6) is 1.93. The fourth-order valence-corrected chi connectivity index (χ4v) is 2.68. The molecular formula is C15H20N4O2S. The first kappa shape index (κ1) is 16.4. The normalized spacial score (nSPS) is 10.5. The molecule has 0 bridgehead atoms. The van der Waals surface area contributed by atoms with E-state index in [2.05, 4.69) is 15.2 Å². The SMILES string of the molecule is CCN(CC)C(=O)CSc1n[nH]c(-c2ccc(OC)cc2)n1. The van der Waals surface area contributed by atoms with Crippen molar-refractivity contribution in [1.82, 2.24) is 20.1 Å². The number of hydrogen-bond acceptors (Lipinski definition) is 5. The van der Waals surface area contributed by atoms with Gasteiger partial charge in [0.2, 0.25) is 11.1 Å². The maximum absolute atomic E-state index is 12.0. The van der Waals surface area contributed by atoms with Crippen LogP contribution in [-0.2, 0) is 4.79 Å². The van der Waals surface area contributed by atoms with Crippen molar-refractivity contribution in [2.45, 2.75) is 19.0 Å². The number of carbonyl (C=O) groups is 1. The number of nitrogens with one attached hydrogen (secondary N) is 1. The van der Waals surface area contributed by atoms with Crippen LogP contribution < -0.4 is 4.74 Å². The molecule has 6 nitrogen and oxygen atoms in total. The number of H-pyrrole nitrogens is 1. The van der Waals surface area contributed by atoms with Crippen molar-refractivity contribution in [3.8, 4) is 17.1 Å². The number of thioether (sulfide) groups is 1. The van der Waals surface area contributed by atoms with Crippen LogP contribution in [0.4, 0.5) is 0 Å². The van der Waals surface area contributed by atoms with Crippen LogP contribution in [0.3, 0.4) is 0 Å². The number of methoxy groups -OCH3 is 1. The number of carbonyl (C=O) groups excluding carboxylic acids is 1. The molecule has 1 N–H and O–H groups in total. The molecule has 0 aliphatic rings. The van der Waals surface area contributed by atoms with E-state index in [9.17, 15) is 4.79 Å². The van der Waals surface area contributed by atoms with E-state index in [-0.39, 0.29) is 5.91 Å². The van der Waals surface area contributed by atoms with Crippen molar-refractivity contribution < 1.29 is 9.53 Å². The molecule has 2 aromatic rings. The maximum atomic E-state index is 12.0. The van der Waals surface area contributed by atoms with Gasteiger partial charge < -0.3 is 9.64 Å². The van der Waals surface area contributed by atoms with Crippen molar-refractivity contribution in [3.05, 3.63) is 24.3 Å². The first-order valence-electron chi connectivity index (χ1n) is 7.15. The van der Waals surface area contributed by atoms with E-state index < -0.39 is 0 Å². The van der Waals surface area contributed by atoms with Crippen LogP contribution in [0.1, 0.15) is 13.8 Å². The quantitative estimate of drug-likeness (QED) is 0.793. The molecule has 0 saturated heterocycles. The van der Waals surface area contributed by atoms with Crippen LogP contribution in [0.5, 0.6) is 5.75 Å². The van der Waals surface area contributed by atoms with Crippen LogP contribution >= 0.6 is 11.8 Å². The number of amides is 1. The van der Waals surface area contributed by atoms with Crippen LogP contribution in [0.2, 0.25) is 0 Å². The minimum Gasteiger partial charge on any atom is -0.497 e. The summed E-state index contributed by atoms with van der Waals surface area (Å²) in [6.45, 7) is 5.39. The Morgan fingerprint density at radius 1 is 1.27 bits per heavy atom. The highest BCUT2D eigenvalue weighted by Gasteiger charge is 2.12. The molecule has 0 aliphatic heterocycles. The van der Waals surface area contributed by atoms with E-state index in [1.54, 1.807) is 12.0 Å². The minimum absolute atomic E-state index is 0.103. The van der Waals surface area contributed by atoms with Crippen LogP contribution in [0.25, 0.3) is 11.4 Å². The van der Waals surface area contributed by atoms with Gasteiger partial charge in [-0.2, -0.15) is 0 Å². The highest BCUT2D eigenvalue weighted by atomic mass is 32.2. The van der Waals surface area contributed by atoms with Gasteiger partial charge in [0, 0.05) is 18.7 Å². The molecule has 22 heavy (non-hydrogen) atoms. The Morgan fingerprint density at radius 3 is 2.55 bits per heavy atom. The molecule has 118 valence electrons. The molecule has 1 aromatic heterocycles. The van der Waals surface area contributed by atoms with E-state index in [0.29, 0.717) is 16.7 Å². The summed E-state index contributed by atoms with van der Waals surface area (Å²) >= 11 is 1.34. The Balaban J connectivity index is 1.97. The van der Waals surface area contributed by atoms with Gasteiger partial charge in [-0.15, -0.1) is 5.10 Å². The summed E-state index contributed by atoms with van der Waals surface area (Å²) in [7, 11) is 1.63. The first-order chi connectivity index (χ1) is 10.7. The van der Waals surface area contributed by atoms with Gasteiger partial charge in [0.05, 0.1) is 12.9 Å². The maximum Gasteiger partial charge on any atom is 0.233 e. The van der Waals surface area contributed by atoms with Gasteiger partial charge >= 0.3 is 0 Å². The third kappa shape index (κ3) is 4.00. The molecule has 1 heterocycles. The van der Waals surface area contributed by atoms with E-state index >= 15 is 0 Å². The lowest BCUT2D eigenvalue weighted by Gasteiger charge is -2.17. The lowest BCUT2D eigenvalue weighted by Crippen LogP contribution is -2.31.